The van der Waals surface area contributed by atoms with Gasteiger partial charge in [0.15, 0.2) is 17.0 Å². The molecule has 1 aromatic carbocycles. The molecule has 2 heterocycles. The minimum Gasteiger partial charge on any atom is -0.496 e. The maximum atomic E-state index is 12.6. The molecule has 178 valence electrons. The van der Waals surface area contributed by atoms with Crippen molar-refractivity contribution in [3.8, 4) is 5.75 Å². The van der Waals surface area contributed by atoms with Gasteiger partial charge in [0.25, 0.3) is 5.91 Å². The molecule has 2 aromatic heterocycles. The van der Waals surface area contributed by atoms with Crippen LogP contribution in [0.2, 0.25) is 0 Å². The molecule has 1 atom stereocenters. The number of nitrogens with two attached hydrogens (primary N) is 2. The molecule has 0 bridgehead atoms. The summed E-state index contributed by atoms with van der Waals surface area (Å²) in [7, 11) is 3.13. The van der Waals surface area contributed by atoms with E-state index in [0.29, 0.717) is 23.4 Å². The molecule has 0 saturated carbocycles. The number of anilines is 3. The Morgan fingerprint density at radius 3 is 2.56 bits per heavy atom. The van der Waals surface area contributed by atoms with E-state index in [-0.39, 0.29) is 28.7 Å². The van der Waals surface area contributed by atoms with Crippen LogP contribution in [0, 0.1) is 0 Å². The monoisotopic (exact) mass is 470 g/mol. The standard InChI is InChI=1S/C20H22N8O6/c1-28(8-9-7-23-17-15(24-9)16(21)26-20(22)27-17)10-3-4-11(13(5-10)34-2)18(31)25-12(19(32)33)6-14(29)30/h3-5,7,12H,6,8H2,1-2H3,(H,25,31)(H,29,30)(H,32,33)(H4,21,22,23,26,27)/t12-/m0/s1. The lowest BCUT2D eigenvalue weighted by Gasteiger charge is -2.21. The first-order valence-corrected chi connectivity index (χ1v) is 9.78. The molecule has 0 aliphatic carbocycles. The van der Waals surface area contributed by atoms with Gasteiger partial charge in [-0.25, -0.2) is 14.8 Å². The number of fused-ring (bicyclic) bond motifs is 1. The molecule has 34 heavy (non-hydrogen) atoms. The third kappa shape index (κ3) is 5.35. The minimum absolute atomic E-state index is 0.00183. The molecule has 3 rings (SSSR count). The number of nitrogens with zero attached hydrogens (tertiary/aromatic N) is 5. The number of carbonyl (C=O) groups excluding carboxylic acids is 1. The fourth-order valence-corrected chi connectivity index (χ4v) is 3.11. The molecule has 7 N–H and O–H groups in total. The smallest absolute Gasteiger partial charge is 0.326 e. The molecule has 0 aliphatic heterocycles. The average molecular weight is 470 g/mol. The first-order valence-electron chi connectivity index (χ1n) is 9.78. The lowest BCUT2D eigenvalue weighted by atomic mass is 10.1. The van der Waals surface area contributed by atoms with Crippen LogP contribution in [0.1, 0.15) is 22.5 Å². The highest BCUT2D eigenvalue weighted by Gasteiger charge is 2.25. The number of benzene rings is 1. The molecule has 14 heteroatoms. The van der Waals surface area contributed by atoms with Crippen LogP contribution in [0.4, 0.5) is 17.5 Å². The van der Waals surface area contributed by atoms with Crippen molar-refractivity contribution < 1.29 is 29.3 Å². The van der Waals surface area contributed by atoms with Crippen molar-refractivity contribution >= 4 is 46.5 Å². The van der Waals surface area contributed by atoms with E-state index in [4.69, 9.17) is 26.4 Å². The van der Waals surface area contributed by atoms with Gasteiger partial charge in [0.2, 0.25) is 5.95 Å². The van der Waals surface area contributed by atoms with Crippen LogP contribution < -0.4 is 26.4 Å². The number of amides is 1. The molecule has 0 saturated heterocycles. The highest BCUT2D eigenvalue weighted by Crippen LogP contribution is 2.26. The second kappa shape index (κ2) is 9.81. The summed E-state index contributed by atoms with van der Waals surface area (Å²) in [6.07, 6.45) is 0.761. The Balaban J connectivity index is 1.80. The van der Waals surface area contributed by atoms with Crippen LogP contribution in [0.5, 0.6) is 5.75 Å². The van der Waals surface area contributed by atoms with Crippen molar-refractivity contribution in [2.45, 2.75) is 19.0 Å². The lowest BCUT2D eigenvalue weighted by molar-refractivity contribution is -0.145. The van der Waals surface area contributed by atoms with Gasteiger partial charge in [0.1, 0.15) is 11.8 Å². The van der Waals surface area contributed by atoms with Gasteiger partial charge in [0.05, 0.1) is 37.5 Å². The largest absolute Gasteiger partial charge is 0.496 e. The number of carboxylic acids is 2. The molecule has 14 nitrogen and oxygen atoms in total. The van der Waals surface area contributed by atoms with Gasteiger partial charge >= 0.3 is 11.9 Å². The SMILES string of the molecule is COc1cc(N(C)Cc2cnc3nc(N)nc(N)c3n2)ccc1C(=O)N[C@@H](CC(=O)O)C(=O)O. The Morgan fingerprint density at radius 2 is 1.91 bits per heavy atom. The van der Waals surface area contributed by atoms with Gasteiger partial charge in [-0.2, -0.15) is 9.97 Å². The first kappa shape index (κ1) is 23.9. The van der Waals surface area contributed by atoms with Gasteiger partial charge in [-0.3, -0.25) is 9.59 Å². The van der Waals surface area contributed by atoms with Gasteiger partial charge < -0.3 is 36.6 Å². The molecule has 0 unspecified atom stereocenters. The number of nitrogen functional groups attached to an aromatic ring is 2. The van der Waals surface area contributed by atoms with Crippen molar-refractivity contribution in [1.82, 2.24) is 25.3 Å². The van der Waals surface area contributed by atoms with E-state index in [2.05, 4.69) is 25.3 Å². The fraction of sp³-hybridized carbons (Fsp3) is 0.250. The third-order valence-electron chi connectivity index (χ3n) is 4.75. The molecule has 3 aromatic rings. The number of carbonyl (C=O) groups is 3. The van der Waals surface area contributed by atoms with Crippen LogP contribution in [0.15, 0.2) is 24.4 Å². The number of aromatic nitrogens is 4. The summed E-state index contributed by atoms with van der Waals surface area (Å²) in [5.41, 5.74) is 13.3. The number of rotatable bonds is 9. The Hall–Kier alpha value is -4.75. The van der Waals surface area contributed by atoms with Crippen LogP contribution in [-0.4, -0.2) is 68.2 Å². The van der Waals surface area contributed by atoms with Gasteiger partial charge in [-0.15, -0.1) is 0 Å². The predicted octanol–water partition coefficient (Wildman–Crippen LogP) is -0.113. The average Bonchev–Trinajstić information content (AvgIpc) is 2.78. The molecule has 0 radical (unpaired) electrons. The Bertz CT molecular complexity index is 1270. The fourth-order valence-electron chi connectivity index (χ4n) is 3.11. The van der Waals surface area contributed by atoms with E-state index in [1.165, 1.54) is 19.4 Å². The quantitative estimate of drug-likeness (QED) is 0.276. The normalized spacial score (nSPS) is 11.6. The number of aliphatic carboxylic acids is 2. The van der Waals surface area contributed by atoms with Crippen molar-refractivity contribution in [3.63, 3.8) is 0 Å². The van der Waals surface area contributed by atoms with E-state index >= 15 is 0 Å². The van der Waals surface area contributed by atoms with Crippen molar-refractivity contribution in [3.05, 3.63) is 35.7 Å². The highest BCUT2D eigenvalue weighted by atomic mass is 16.5. The van der Waals surface area contributed by atoms with Crippen LogP contribution in [-0.2, 0) is 16.1 Å². The van der Waals surface area contributed by atoms with Crippen LogP contribution in [0.25, 0.3) is 11.2 Å². The number of methoxy groups -OCH3 is 1. The highest BCUT2D eigenvalue weighted by molar-refractivity contribution is 6.00. The maximum Gasteiger partial charge on any atom is 0.326 e. The number of carboxylic acid groups (broad SMARTS) is 2. The number of ether oxygens (including phenoxy) is 1. The number of hydrogen-bond acceptors (Lipinski definition) is 11. The van der Waals surface area contributed by atoms with E-state index < -0.39 is 30.3 Å². The van der Waals surface area contributed by atoms with E-state index in [0.717, 1.165) is 0 Å². The topological polar surface area (TPSA) is 220 Å². The Morgan fingerprint density at radius 1 is 1.18 bits per heavy atom. The summed E-state index contributed by atoms with van der Waals surface area (Å²) in [5.74, 6) is -3.33. The summed E-state index contributed by atoms with van der Waals surface area (Å²) in [6.45, 7) is 0.307. The number of hydrogen-bond donors (Lipinski definition) is 5. The van der Waals surface area contributed by atoms with Crippen molar-refractivity contribution in [2.24, 2.45) is 0 Å². The van der Waals surface area contributed by atoms with Gasteiger partial charge in [0, 0.05) is 18.8 Å². The van der Waals surface area contributed by atoms with Crippen LogP contribution >= 0.6 is 0 Å². The Labute approximate surface area is 192 Å². The molecule has 1 amide bonds. The molecular formula is C20H22N8O6. The third-order valence-corrected chi connectivity index (χ3v) is 4.75. The zero-order valence-electron chi connectivity index (χ0n) is 18.2. The predicted molar refractivity (Wildman–Crippen MR) is 120 cm³/mol. The van der Waals surface area contributed by atoms with Crippen molar-refractivity contribution in [2.75, 3.05) is 30.5 Å². The zero-order valence-corrected chi connectivity index (χ0v) is 18.2. The summed E-state index contributed by atoms with van der Waals surface area (Å²) in [4.78, 5) is 53.0. The summed E-state index contributed by atoms with van der Waals surface area (Å²) >= 11 is 0. The molecular weight excluding hydrogens is 448 g/mol. The van der Waals surface area contributed by atoms with E-state index in [1.54, 1.807) is 24.1 Å². The molecule has 0 fully saturated rings. The van der Waals surface area contributed by atoms with Crippen molar-refractivity contribution in [1.29, 1.82) is 0 Å². The Kier molecular flexibility index (Phi) is 6.89. The minimum atomic E-state index is -1.59. The molecule has 0 aliphatic rings. The second-order valence-electron chi connectivity index (χ2n) is 7.20. The zero-order chi connectivity index (χ0) is 25.0. The lowest BCUT2D eigenvalue weighted by Crippen LogP contribution is -2.42. The van der Waals surface area contributed by atoms with Crippen LogP contribution in [0.3, 0.4) is 0 Å². The summed E-state index contributed by atoms with van der Waals surface area (Å²) < 4.78 is 5.29. The number of nitrogens with one attached hydrogen (secondary N) is 1. The van der Waals surface area contributed by atoms with Gasteiger partial charge in [-0.1, -0.05) is 0 Å². The second-order valence-corrected chi connectivity index (χ2v) is 7.20. The first-order chi connectivity index (χ1) is 16.1. The van der Waals surface area contributed by atoms with E-state index in [9.17, 15) is 14.4 Å². The maximum absolute atomic E-state index is 12.6. The molecule has 0 spiro atoms. The summed E-state index contributed by atoms with van der Waals surface area (Å²) in [5, 5.41) is 20.2. The van der Waals surface area contributed by atoms with E-state index in [1.807, 2.05) is 0 Å². The van der Waals surface area contributed by atoms with Gasteiger partial charge in [-0.05, 0) is 12.1 Å². The summed E-state index contributed by atoms with van der Waals surface area (Å²) in [6, 6.07) is 3.06.